The molecule has 0 saturated heterocycles. The number of nitrogens with one attached hydrogen (secondary N) is 1. The summed E-state index contributed by atoms with van der Waals surface area (Å²) in [4.78, 5) is 12.4. The van der Waals surface area contributed by atoms with Gasteiger partial charge in [-0.1, -0.05) is 49.2 Å². The predicted molar refractivity (Wildman–Crippen MR) is 105 cm³/mol. The molecule has 0 radical (unpaired) electrons. The maximum atomic E-state index is 12.4. The number of carbonyl (C=O) groups excluding carboxylic acids is 1. The summed E-state index contributed by atoms with van der Waals surface area (Å²) in [6.45, 7) is 2.39. The van der Waals surface area contributed by atoms with E-state index in [0.717, 1.165) is 20.1 Å². The normalized spacial score (nSPS) is 10.7. The summed E-state index contributed by atoms with van der Waals surface area (Å²) in [5.41, 5.74) is 8.86. The lowest BCUT2D eigenvalue weighted by Gasteiger charge is -2.07. The quantitative estimate of drug-likeness (QED) is 0.611. The summed E-state index contributed by atoms with van der Waals surface area (Å²) in [5, 5.41) is 10.7. The molecule has 0 atom stereocenters. The lowest BCUT2D eigenvalue weighted by atomic mass is 10.2. The van der Waals surface area contributed by atoms with Crippen LogP contribution in [0.5, 0.6) is 0 Å². The molecule has 1 aromatic heterocycles. The molecule has 6 nitrogen and oxygen atoms in total. The molecule has 0 aliphatic rings. The Labute approximate surface area is 161 Å². The third-order valence-corrected chi connectivity index (χ3v) is 5.07. The van der Waals surface area contributed by atoms with Gasteiger partial charge in [0.15, 0.2) is 11.5 Å². The van der Waals surface area contributed by atoms with Crippen LogP contribution in [0.4, 0.5) is 11.5 Å². The van der Waals surface area contributed by atoms with Gasteiger partial charge in [0.25, 0.3) is 5.91 Å². The molecule has 8 heteroatoms. The van der Waals surface area contributed by atoms with E-state index in [-0.39, 0.29) is 17.4 Å². The summed E-state index contributed by atoms with van der Waals surface area (Å²) in [6, 6.07) is 13.3. The van der Waals surface area contributed by atoms with Crippen molar-refractivity contribution in [2.75, 3.05) is 11.1 Å². The Morgan fingerprint density at radius 2 is 1.92 bits per heavy atom. The van der Waals surface area contributed by atoms with Crippen LogP contribution >= 0.6 is 31.9 Å². The minimum atomic E-state index is -0.388. The number of amides is 1. The fourth-order valence-electron chi connectivity index (χ4n) is 2.27. The Hall–Kier alpha value is -2.19. The van der Waals surface area contributed by atoms with E-state index in [1.165, 1.54) is 4.68 Å². The van der Waals surface area contributed by atoms with Crippen LogP contribution in [0.15, 0.2) is 51.4 Å². The molecule has 0 saturated carbocycles. The standard InChI is InChI=1S/C17H15Br2N5O/c1-10-8-13(6-7-14(10)19)21-17(25)15-16(20)24(23-22-15)9-11-2-4-12(18)5-3-11/h2-8H,9,20H2,1H3,(H,21,25). The molecule has 0 aliphatic carbocycles. The molecule has 1 amide bonds. The molecule has 3 rings (SSSR count). The van der Waals surface area contributed by atoms with Crippen molar-refractivity contribution < 1.29 is 4.79 Å². The van der Waals surface area contributed by atoms with E-state index in [1.54, 1.807) is 6.07 Å². The van der Waals surface area contributed by atoms with Crippen LogP contribution in [0.25, 0.3) is 0 Å². The van der Waals surface area contributed by atoms with E-state index in [4.69, 9.17) is 5.73 Å². The summed E-state index contributed by atoms with van der Waals surface area (Å²) >= 11 is 6.82. The van der Waals surface area contributed by atoms with Gasteiger partial charge in [-0.15, -0.1) is 5.10 Å². The second-order valence-electron chi connectivity index (χ2n) is 5.53. The number of benzene rings is 2. The highest BCUT2D eigenvalue weighted by atomic mass is 79.9. The highest BCUT2D eigenvalue weighted by molar-refractivity contribution is 9.10. The zero-order valence-electron chi connectivity index (χ0n) is 13.3. The van der Waals surface area contributed by atoms with Crippen molar-refractivity contribution in [1.29, 1.82) is 0 Å². The van der Waals surface area contributed by atoms with Gasteiger partial charge in [0, 0.05) is 14.6 Å². The van der Waals surface area contributed by atoms with E-state index in [2.05, 4.69) is 47.5 Å². The Balaban J connectivity index is 1.76. The van der Waals surface area contributed by atoms with Crippen molar-refractivity contribution in [3.8, 4) is 0 Å². The van der Waals surface area contributed by atoms with E-state index < -0.39 is 0 Å². The number of hydrogen-bond acceptors (Lipinski definition) is 4. The van der Waals surface area contributed by atoms with Gasteiger partial charge in [-0.05, 0) is 48.4 Å². The molecular weight excluding hydrogens is 450 g/mol. The summed E-state index contributed by atoms with van der Waals surface area (Å²) in [6.07, 6.45) is 0. The minimum Gasteiger partial charge on any atom is -0.382 e. The Kier molecular flexibility index (Phi) is 5.19. The number of anilines is 2. The van der Waals surface area contributed by atoms with Gasteiger partial charge in [0.1, 0.15) is 0 Å². The first-order valence-corrected chi connectivity index (χ1v) is 9.03. The SMILES string of the molecule is Cc1cc(NC(=O)c2nnn(Cc3ccc(Br)cc3)c2N)ccc1Br. The van der Waals surface area contributed by atoms with Crippen molar-refractivity contribution >= 4 is 49.3 Å². The number of aryl methyl sites for hydroxylation is 1. The summed E-state index contributed by atoms with van der Waals surface area (Å²) < 4.78 is 3.48. The van der Waals surface area contributed by atoms with Gasteiger partial charge in [0.05, 0.1) is 6.54 Å². The van der Waals surface area contributed by atoms with E-state index >= 15 is 0 Å². The average molecular weight is 465 g/mol. The fourth-order valence-corrected chi connectivity index (χ4v) is 2.79. The molecule has 1 heterocycles. The van der Waals surface area contributed by atoms with Gasteiger partial charge in [-0.2, -0.15) is 0 Å². The van der Waals surface area contributed by atoms with Crippen LogP contribution in [0, 0.1) is 6.92 Å². The molecule has 0 fully saturated rings. The van der Waals surface area contributed by atoms with Crippen LogP contribution in [0.1, 0.15) is 21.6 Å². The zero-order chi connectivity index (χ0) is 18.0. The number of halogens is 2. The number of nitrogens with two attached hydrogens (primary N) is 1. The molecule has 128 valence electrons. The second-order valence-corrected chi connectivity index (χ2v) is 7.30. The lowest BCUT2D eigenvalue weighted by molar-refractivity contribution is 0.102. The molecule has 0 aliphatic heterocycles. The van der Waals surface area contributed by atoms with Gasteiger partial charge in [-0.3, -0.25) is 4.79 Å². The lowest BCUT2D eigenvalue weighted by Crippen LogP contribution is -2.15. The third-order valence-electron chi connectivity index (χ3n) is 3.65. The highest BCUT2D eigenvalue weighted by Crippen LogP contribution is 2.21. The third kappa shape index (κ3) is 4.08. The highest BCUT2D eigenvalue weighted by Gasteiger charge is 2.18. The number of aromatic nitrogens is 3. The summed E-state index contributed by atoms with van der Waals surface area (Å²) in [5.74, 6) is -0.157. The van der Waals surface area contributed by atoms with Crippen molar-refractivity contribution in [1.82, 2.24) is 15.0 Å². The topological polar surface area (TPSA) is 85.8 Å². The molecule has 0 unspecified atom stereocenters. The minimum absolute atomic E-state index is 0.109. The number of rotatable bonds is 4. The molecule has 2 aromatic carbocycles. The predicted octanol–water partition coefficient (Wildman–Crippen LogP) is 3.99. The van der Waals surface area contributed by atoms with Crippen molar-refractivity contribution in [3.63, 3.8) is 0 Å². The number of nitrogens with zero attached hydrogens (tertiary/aromatic N) is 3. The Bertz CT molecular complexity index is 921. The van der Waals surface area contributed by atoms with E-state index in [9.17, 15) is 4.79 Å². The number of carbonyl (C=O) groups is 1. The maximum absolute atomic E-state index is 12.4. The van der Waals surface area contributed by atoms with Crippen molar-refractivity contribution in [3.05, 3.63) is 68.2 Å². The average Bonchev–Trinajstić information content (AvgIpc) is 2.94. The van der Waals surface area contributed by atoms with Crippen molar-refractivity contribution in [2.24, 2.45) is 0 Å². The zero-order valence-corrected chi connectivity index (χ0v) is 16.5. The molecule has 0 bridgehead atoms. The Morgan fingerprint density at radius 1 is 1.20 bits per heavy atom. The van der Waals surface area contributed by atoms with E-state index in [1.807, 2.05) is 43.3 Å². The smallest absolute Gasteiger partial charge is 0.280 e. The molecule has 3 aromatic rings. The van der Waals surface area contributed by atoms with Gasteiger partial charge in [0.2, 0.25) is 0 Å². The summed E-state index contributed by atoms with van der Waals surface area (Å²) in [7, 11) is 0. The largest absolute Gasteiger partial charge is 0.382 e. The fraction of sp³-hybridized carbons (Fsp3) is 0.118. The van der Waals surface area contributed by atoms with Crippen LogP contribution in [0.3, 0.4) is 0 Å². The van der Waals surface area contributed by atoms with Crippen LogP contribution in [-0.4, -0.2) is 20.9 Å². The van der Waals surface area contributed by atoms with Gasteiger partial charge in [-0.25, -0.2) is 4.68 Å². The van der Waals surface area contributed by atoms with Crippen LogP contribution < -0.4 is 11.1 Å². The molecule has 25 heavy (non-hydrogen) atoms. The maximum Gasteiger partial charge on any atom is 0.280 e. The molecular formula is C17H15Br2N5O. The molecule has 3 N–H and O–H groups in total. The van der Waals surface area contributed by atoms with Crippen LogP contribution in [-0.2, 0) is 6.54 Å². The first kappa shape index (κ1) is 17.6. The van der Waals surface area contributed by atoms with E-state index in [0.29, 0.717) is 12.2 Å². The number of nitrogen functional groups attached to an aromatic ring is 1. The monoisotopic (exact) mass is 463 g/mol. The Morgan fingerprint density at radius 3 is 2.60 bits per heavy atom. The van der Waals surface area contributed by atoms with Crippen LogP contribution in [0.2, 0.25) is 0 Å². The van der Waals surface area contributed by atoms with Crippen molar-refractivity contribution in [2.45, 2.75) is 13.5 Å². The first-order chi connectivity index (χ1) is 11.9. The molecule has 0 spiro atoms. The van der Waals surface area contributed by atoms with Gasteiger partial charge >= 0.3 is 0 Å². The first-order valence-electron chi connectivity index (χ1n) is 7.45. The number of hydrogen-bond donors (Lipinski definition) is 2. The second kappa shape index (κ2) is 7.37. The van der Waals surface area contributed by atoms with Gasteiger partial charge < -0.3 is 11.1 Å².